The van der Waals surface area contributed by atoms with E-state index >= 15 is 0 Å². The number of carbonyl (C=O) groups excluding carboxylic acids is 2. The molecule has 416 valence electrons. The van der Waals surface area contributed by atoms with Crippen LogP contribution in [0.1, 0.15) is 271 Å². The lowest BCUT2D eigenvalue weighted by Crippen LogP contribution is -2.61. The molecule has 0 aromatic rings. The number of rotatable bonds is 50. The summed E-state index contributed by atoms with van der Waals surface area (Å²) in [4.78, 5) is 26.4. The van der Waals surface area contributed by atoms with Gasteiger partial charge >= 0.3 is 5.97 Å². The highest BCUT2D eigenvalue weighted by atomic mass is 16.7. The summed E-state index contributed by atoms with van der Waals surface area (Å²) in [6.07, 6.45) is 46.2. The SMILES string of the molecule is CCCC/C=C\CCCCCCC(O)C(=O)NC(COC1OC(CO)C(O)C(O)C1OC(=O)CCCCCCCCCCC/C=C/CCCCCCCC)C(O)/C=C/CCCCCCCCCCCCC. The molecular weight excluding hydrogens is 895 g/mol. The molecule has 1 saturated heterocycles. The number of allylic oxidation sites excluding steroid dienone is 5. The standard InChI is InChI=1S/C60H111NO10/c1-4-7-10-13-16-19-22-24-25-26-27-28-29-31-33-36-39-42-45-48-55(65)71-58-57(67)56(66)54(49-62)70-60(58)69-50-51(52(63)46-43-40-37-35-32-30-23-20-17-14-11-8-5-2)61-59(68)53(64)47-44-41-38-34-21-18-15-12-9-6-3/h15,18,24-25,43,46,51-54,56-58,60,62-64,66-67H,4-14,16-17,19-23,26-42,44-45,47-50H2,1-3H3,(H,61,68)/b18-15-,25-24+,46-43+. The summed E-state index contributed by atoms with van der Waals surface area (Å²) in [5, 5.41) is 56.8. The smallest absolute Gasteiger partial charge is 0.306 e. The molecule has 1 rings (SSSR count). The molecule has 1 fully saturated rings. The van der Waals surface area contributed by atoms with Gasteiger partial charge in [0.2, 0.25) is 5.91 Å². The van der Waals surface area contributed by atoms with E-state index in [9.17, 15) is 35.1 Å². The number of aliphatic hydroxyl groups is 5. The lowest BCUT2D eigenvalue weighted by atomic mass is 9.99. The molecular formula is C60H111NO10. The fourth-order valence-corrected chi connectivity index (χ4v) is 9.22. The summed E-state index contributed by atoms with van der Waals surface area (Å²) in [5.41, 5.74) is 0. The van der Waals surface area contributed by atoms with Crippen LogP contribution in [-0.2, 0) is 23.8 Å². The second-order valence-corrected chi connectivity index (χ2v) is 20.7. The van der Waals surface area contributed by atoms with Crippen LogP contribution in [0.5, 0.6) is 0 Å². The van der Waals surface area contributed by atoms with Gasteiger partial charge in [0.05, 0.1) is 25.4 Å². The van der Waals surface area contributed by atoms with Crippen molar-refractivity contribution in [1.82, 2.24) is 5.32 Å². The molecule has 1 aliphatic rings. The van der Waals surface area contributed by atoms with E-state index in [2.05, 4.69) is 50.4 Å². The minimum absolute atomic E-state index is 0.122. The largest absolute Gasteiger partial charge is 0.454 e. The summed E-state index contributed by atoms with van der Waals surface area (Å²) < 4.78 is 17.6. The van der Waals surface area contributed by atoms with E-state index in [1.165, 1.54) is 154 Å². The summed E-state index contributed by atoms with van der Waals surface area (Å²) >= 11 is 0. The molecule has 1 aliphatic heterocycles. The van der Waals surface area contributed by atoms with Gasteiger partial charge in [0, 0.05) is 6.42 Å². The van der Waals surface area contributed by atoms with E-state index in [1.807, 2.05) is 6.08 Å². The van der Waals surface area contributed by atoms with Gasteiger partial charge in [-0.2, -0.15) is 0 Å². The quantitative estimate of drug-likeness (QED) is 0.0195. The highest BCUT2D eigenvalue weighted by molar-refractivity contribution is 5.80. The summed E-state index contributed by atoms with van der Waals surface area (Å²) in [7, 11) is 0. The van der Waals surface area contributed by atoms with Crippen molar-refractivity contribution in [3.8, 4) is 0 Å². The molecule has 1 heterocycles. The molecule has 11 heteroatoms. The van der Waals surface area contributed by atoms with Crippen LogP contribution in [0.4, 0.5) is 0 Å². The molecule has 0 radical (unpaired) electrons. The van der Waals surface area contributed by atoms with Crippen LogP contribution in [0.3, 0.4) is 0 Å². The van der Waals surface area contributed by atoms with Crippen molar-refractivity contribution in [2.75, 3.05) is 13.2 Å². The fourth-order valence-electron chi connectivity index (χ4n) is 9.22. The first-order valence-corrected chi connectivity index (χ1v) is 29.8. The van der Waals surface area contributed by atoms with E-state index in [1.54, 1.807) is 6.08 Å². The normalized spacial score (nSPS) is 19.8. The minimum Gasteiger partial charge on any atom is -0.454 e. The lowest BCUT2D eigenvalue weighted by molar-refractivity contribution is -0.305. The number of amides is 1. The fraction of sp³-hybridized carbons (Fsp3) is 0.867. The number of hydrogen-bond acceptors (Lipinski definition) is 10. The first-order valence-electron chi connectivity index (χ1n) is 29.8. The number of carbonyl (C=O) groups is 2. The van der Waals surface area contributed by atoms with Gasteiger partial charge in [0.15, 0.2) is 12.4 Å². The zero-order valence-electron chi connectivity index (χ0n) is 45.9. The van der Waals surface area contributed by atoms with Gasteiger partial charge in [-0.25, -0.2) is 0 Å². The van der Waals surface area contributed by atoms with Crippen LogP contribution >= 0.6 is 0 Å². The van der Waals surface area contributed by atoms with Gasteiger partial charge in [0.1, 0.15) is 24.4 Å². The van der Waals surface area contributed by atoms with E-state index in [-0.39, 0.29) is 19.4 Å². The van der Waals surface area contributed by atoms with Crippen LogP contribution in [0.15, 0.2) is 36.5 Å². The second-order valence-electron chi connectivity index (χ2n) is 20.7. The molecule has 0 aromatic carbocycles. The Morgan fingerprint density at radius 3 is 1.41 bits per heavy atom. The van der Waals surface area contributed by atoms with Crippen LogP contribution in [0.25, 0.3) is 0 Å². The van der Waals surface area contributed by atoms with Crippen molar-refractivity contribution < 1.29 is 49.3 Å². The average Bonchev–Trinajstić information content (AvgIpc) is 3.37. The number of esters is 1. The molecule has 1 amide bonds. The number of hydrogen-bond donors (Lipinski definition) is 6. The van der Waals surface area contributed by atoms with E-state index < -0.39 is 67.4 Å². The van der Waals surface area contributed by atoms with Crippen molar-refractivity contribution in [2.24, 2.45) is 0 Å². The summed E-state index contributed by atoms with van der Waals surface area (Å²) in [6.45, 7) is 5.74. The number of unbranched alkanes of at least 4 members (excludes halogenated alkanes) is 32. The summed E-state index contributed by atoms with van der Waals surface area (Å²) in [5.74, 6) is -1.20. The van der Waals surface area contributed by atoms with Gasteiger partial charge in [-0.3, -0.25) is 9.59 Å². The molecule has 71 heavy (non-hydrogen) atoms. The van der Waals surface area contributed by atoms with Gasteiger partial charge in [-0.1, -0.05) is 231 Å². The molecule has 0 aromatic heterocycles. The summed E-state index contributed by atoms with van der Waals surface area (Å²) in [6, 6.07) is -1.02. The third-order valence-corrected chi connectivity index (χ3v) is 14.0. The zero-order chi connectivity index (χ0) is 51.8. The first-order chi connectivity index (χ1) is 34.7. The van der Waals surface area contributed by atoms with Crippen molar-refractivity contribution in [3.63, 3.8) is 0 Å². The Bertz CT molecular complexity index is 1290. The molecule has 11 nitrogen and oxygen atoms in total. The first kappa shape index (κ1) is 66.9. The van der Waals surface area contributed by atoms with Crippen molar-refractivity contribution in [3.05, 3.63) is 36.5 Å². The van der Waals surface area contributed by atoms with Gasteiger partial charge < -0.3 is 45.1 Å². The van der Waals surface area contributed by atoms with Crippen LogP contribution in [0, 0.1) is 0 Å². The Kier molecular flexibility index (Phi) is 46.0. The number of nitrogens with one attached hydrogen (secondary N) is 1. The minimum atomic E-state index is -1.61. The maximum atomic E-state index is 13.3. The van der Waals surface area contributed by atoms with Gasteiger partial charge in [-0.15, -0.1) is 0 Å². The van der Waals surface area contributed by atoms with Crippen LogP contribution in [-0.4, -0.2) is 99.6 Å². The van der Waals surface area contributed by atoms with Crippen LogP contribution < -0.4 is 5.32 Å². The lowest BCUT2D eigenvalue weighted by Gasteiger charge is -2.41. The highest BCUT2D eigenvalue weighted by Gasteiger charge is 2.47. The molecule has 8 unspecified atom stereocenters. The van der Waals surface area contributed by atoms with Crippen molar-refractivity contribution in [1.29, 1.82) is 0 Å². The topological polar surface area (TPSA) is 175 Å². The number of aliphatic hydroxyl groups excluding tert-OH is 5. The molecule has 0 bridgehead atoms. The van der Waals surface area contributed by atoms with Crippen molar-refractivity contribution >= 4 is 11.9 Å². The molecule has 0 spiro atoms. The van der Waals surface area contributed by atoms with Gasteiger partial charge in [0.25, 0.3) is 0 Å². The Balaban J connectivity index is 2.68. The third kappa shape index (κ3) is 37.3. The van der Waals surface area contributed by atoms with Crippen LogP contribution in [0.2, 0.25) is 0 Å². The molecule has 0 aliphatic carbocycles. The Morgan fingerprint density at radius 1 is 0.535 bits per heavy atom. The van der Waals surface area contributed by atoms with Crippen molar-refractivity contribution in [2.45, 2.75) is 320 Å². The monoisotopic (exact) mass is 1010 g/mol. The Morgan fingerprint density at radius 2 is 0.944 bits per heavy atom. The van der Waals surface area contributed by atoms with Gasteiger partial charge in [-0.05, 0) is 70.6 Å². The van der Waals surface area contributed by atoms with E-state index in [0.29, 0.717) is 12.8 Å². The number of ether oxygens (including phenoxy) is 3. The second kappa shape index (κ2) is 48.8. The highest BCUT2D eigenvalue weighted by Crippen LogP contribution is 2.26. The zero-order valence-corrected chi connectivity index (χ0v) is 45.9. The van der Waals surface area contributed by atoms with E-state index in [4.69, 9.17) is 14.2 Å². The van der Waals surface area contributed by atoms with E-state index in [0.717, 1.165) is 70.6 Å². The molecule has 6 N–H and O–H groups in total. The Hall–Kier alpha value is -2.12. The maximum absolute atomic E-state index is 13.3. The maximum Gasteiger partial charge on any atom is 0.306 e. The predicted molar refractivity (Wildman–Crippen MR) is 292 cm³/mol. The third-order valence-electron chi connectivity index (χ3n) is 14.0. The molecule has 8 atom stereocenters. The average molecular weight is 1010 g/mol. The predicted octanol–water partition coefficient (Wildman–Crippen LogP) is 13.5. The molecule has 0 saturated carbocycles. The Labute approximate surface area is 434 Å².